The summed E-state index contributed by atoms with van der Waals surface area (Å²) in [5, 5.41) is 3.29. The summed E-state index contributed by atoms with van der Waals surface area (Å²) in [6.07, 6.45) is 2.63. The van der Waals surface area contributed by atoms with Crippen LogP contribution in [0, 0.1) is 5.92 Å². The molecule has 28 heavy (non-hydrogen) atoms. The van der Waals surface area contributed by atoms with Crippen molar-refractivity contribution >= 4 is 35.2 Å². The van der Waals surface area contributed by atoms with Gasteiger partial charge in [-0.25, -0.2) is 9.78 Å². The van der Waals surface area contributed by atoms with E-state index in [0.717, 1.165) is 0 Å². The number of hydrogen-bond donors (Lipinski definition) is 1. The second-order valence-corrected chi connectivity index (χ2v) is 6.92. The molecular formula is C20H20ClN3O4. The molecule has 1 aliphatic heterocycles. The molecule has 0 atom stereocenters. The van der Waals surface area contributed by atoms with Gasteiger partial charge in [0.05, 0.1) is 17.7 Å². The van der Waals surface area contributed by atoms with E-state index in [2.05, 4.69) is 15.0 Å². The van der Waals surface area contributed by atoms with E-state index in [4.69, 9.17) is 11.6 Å². The molecule has 1 aromatic carbocycles. The van der Waals surface area contributed by atoms with Crippen molar-refractivity contribution in [2.24, 2.45) is 5.92 Å². The molecule has 146 valence electrons. The van der Waals surface area contributed by atoms with Crippen LogP contribution in [-0.2, 0) is 9.53 Å². The van der Waals surface area contributed by atoms with Gasteiger partial charge in [-0.2, -0.15) is 0 Å². The van der Waals surface area contributed by atoms with Gasteiger partial charge in [-0.3, -0.25) is 9.59 Å². The molecule has 0 bridgehead atoms. The third-order valence-corrected chi connectivity index (χ3v) is 4.91. The number of carbonyl (C=O) groups excluding carboxylic acids is 3. The highest BCUT2D eigenvalue weighted by Crippen LogP contribution is 2.21. The number of nitrogens with zero attached hydrogens (tertiary/aromatic N) is 2. The van der Waals surface area contributed by atoms with Gasteiger partial charge in [0, 0.05) is 30.8 Å². The zero-order valence-electron chi connectivity index (χ0n) is 15.4. The molecule has 7 nitrogen and oxygen atoms in total. The van der Waals surface area contributed by atoms with E-state index >= 15 is 0 Å². The lowest BCUT2D eigenvalue weighted by atomic mass is 9.95. The first-order chi connectivity index (χ1) is 13.5. The van der Waals surface area contributed by atoms with Gasteiger partial charge in [-0.1, -0.05) is 11.6 Å². The van der Waals surface area contributed by atoms with Gasteiger partial charge in [0.2, 0.25) is 5.91 Å². The average molecular weight is 402 g/mol. The molecule has 1 aromatic heterocycles. The van der Waals surface area contributed by atoms with Crippen molar-refractivity contribution in [1.29, 1.82) is 0 Å². The quantitative estimate of drug-likeness (QED) is 0.795. The van der Waals surface area contributed by atoms with E-state index < -0.39 is 5.97 Å². The standard InChI is InChI=1S/C20H20ClN3O4/c1-28-20(27)15-4-2-14(3-5-15)19(26)24-10-8-13(9-11-24)18(25)23-17-7-6-16(21)12-22-17/h2-7,12-13H,8-11H2,1H3,(H,22,23,25). The summed E-state index contributed by atoms with van der Waals surface area (Å²) in [6, 6.07) is 9.67. The Morgan fingerprint density at radius 1 is 1.07 bits per heavy atom. The fraction of sp³-hybridized carbons (Fsp3) is 0.300. The third-order valence-electron chi connectivity index (χ3n) is 4.68. The minimum Gasteiger partial charge on any atom is -0.465 e. The summed E-state index contributed by atoms with van der Waals surface area (Å²) in [5.41, 5.74) is 0.895. The number of nitrogens with one attached hydrogen (secondary N) is 1. The zero-order valence-corrected chi connectivity index (χ0v) is 16.1. The highest BCUT2D eigenvalue weighted by atomic mass is 35.5. The van der Waals surface area contributed by atoms with Crippen LogP contribution < -0.4 is 5.32 Å². The van der Waals surface area contributed by atoms with Crippen molar-refractivity contribution in [3.63, 3.8) is 0 Å². The van der Waals surface area contributed by atoms with Crippen LogP contribution in [0.2, 0.25) is 5.02 Å². The molecule has 0 radical (unpaired) electrons. The Kier molecular flexibility index (Phi) is 6.26. The monoisotopic (exact) mass is 401 g/mol. The van der Waals surface area contributed by atoms with Crippen molar-refractivity contribution in [3.05, 3.63) is 58.7 Å². The summed E-state index contributed by atoms with van der Waals surface area (Å²) < 4.78 is 4.65. The molecule has 1 fully saturated rings. The van der Waals surface area contributed by atoms with E-state index in [1.54, 1.807) is 41.3 Å². The zero-order chi connectivity index (χ0) is 20.1. The Hall–Kier alpha value is -2.93. The van der Waals surface area contributed by atoms with Crippen LogP contribution in [0.1, 0.15) is 33.6 Å². The van der Waals surface area contributed by atoms with Crippen molar-refractivity contribution in [1.82, 2.24) is 9.88 Å². The van der Waals surface area contributed by atoms with Crippen molar-refractivity contribution in [3.8, 4) is 0 Å². The number of likely N-dealkylation sites (tertiary alicyclic amines) is 1. The second-order valence-electron chi connectivity index (χ2n) is 6.49. The first-order valence-corrected chi connectivity index (χ1v) is 9.26. The molecule has 2 aromatic rings. The lowest BCUT2D eigenvalue weighted by molar-refractivity contribution is -0.121. The van der Waals surface area contributed by atoms with Gasteiger partial charge >= 0.3 is 5.97 Å². The SMILES string of the molecule is COC(=O)c1ccc(C(=O)N2CCC(C(=O)Nc3ccc(Cl)cn3)CC2)cc1. The van der Waals surface area contributed by atoms with Crippen LogP contribution in [0.15, 0.2) is 42.6 Å². The van der Waals surface area contributed by atoms with E-state index in [9.17, 15) is 14.4 Å². The third kappa shape index (κ3) is 4.67. The largest absolute Gasteiger partial charge is 0.465 e. The first-order valence-electron chi connectivity index (χ1n) is 8.88. The maximum atomic E-state index is 12.6. The average Bonchev–Trinajstić information content (AvgIpc) is 2.74. The number of methoxy groups -OCH3 is 1. The maximum absolute atomic E-state index is 12.6. The van der Waals surface area contributed by atoms with Gasteiger partial charge in [-0.05, 0) is 49.2 Å². The van der Waals surface area contributed by atoms with Crippen LogP contribution >= 0.6 is 11.6 Å². The van der Waals surface area contributed by atoms with E-state index in [1.165, 1.54) is 13.3 Å². The molecule has 1 saturated heterocycles. The van der Waals surface area contributed by atoms with Gasteiger partial charge in [0.15, 0.2) is 0 Å². The Bertz CT molecular complexity index is 860. The molecule has 0 saturated carbocycles. The number of anilines is 1. The van der Waals surface area contributed by atoms with Crippen LogP contribution in [0.5, 0.6) is 0 Å². The Morgan fingerprint density at radius 2 is 1.71 bits per heavy atom. The highest BCUT2D eigenvalue weighted by molar-refractivity contribution is 6.30. The van der Waals surface area contributed by atoms with Gasteiger partial charge in [-0.15, -0.1) is 0 Å². The molecule has 0 unspecified atom stereocenters. The van der Waals surface area contributed by atoms with E-state index in [1.807, 2.05) is 0 Å². The van der Waals surface area contributed by atoms with Crippen molar-refractivity contribution in [2.45, 2.75) is 12.8 Å². The molecule has 8 heteroatoms. The second kappa shape index (κ2) is 8.84. The normalized spacial score (nSPS) is 14.4. The lowest BCUT2D eigenvalue weighted by Crippen LogP contribution is -2.41. The van der Waals surface area contributed by atoms with Crippen LogP contribution in [0.25, 0.3) is 0 Å². The fourth-order valence-electron chi connectivity index (χ4n) is 3.07. The predicted molar refractivity (Wildman–Crippen MR) is 104 cm³/mol. The number of amides is 2. The topological polar surface area (TPSA) is 88.6 Å². The number of pyridine rings is 1. The molecule has 0 aliphatic carbocycles. The molecular weight excluding hydrogens is 382 g/mol. The smallest absolute Gasteiger partial charge is 0.337 e. The summed E-state index contributed by atoms with van der Waals surface area (Å²) in [6.45, 7) is 0.980. The number of piperidine rings is 1. The number of ether oxygens (including phenoxy) is 1. The molecule has 2 amide bonds. The summed E-state index contributed by atoms with van der Waals surface area (Å²) in [4.78, 5) is 42.3. The predicted octanol–water partition coefficient (Wildman–Crippen LogP) is 3.01. The van der Waals surface area contributed by atoms with Crippen LogP contribution in [-0.4, -0.2) is 47.9 Å². The number of hydrogen-bond acceptors (Lipinski definition) is 5. The Balaban J connectivity index is 1.54. The van der Waals surface area contributed by atoms with E-state index in [-0.39, 0.29) is 17.7 Å². The van der Waals surface area contributed by atoms with Gasteiger partial charge in [0.1, 0.15) is 5.82 Å². The van der Waals surface area contributed by atoms with Gasteiger partial charge in [0.25, 0.3) is 5.91 Å². The lowest BCUT2D eigenvalue weighted by Gasteiger charge is -2.31. The van der Waals surface area contributed by atoms with Crippen molar-refractivity contribution < 1.29 is 19.1 Å². The number of carbonyl (C=O) groups is 3. The number of benzene rings is 1. The van der Waals surface area contributed by atoms with Gasteiger partial charge < -0.3 is 15.0 Å². The molecule has 3 rings (SSSR count). The number of halogens is 1. The maximum Gasteiger partial charge on any atom is 0.337 e. The van der Waals surface area contributed by atoms with Crippen LogP contribution in [0.4, 0.5) is 5.82 Å². The van der Waals surface area contributed by atoms with Crippen molar-refractivity contribution in [2.75, 3.05) is 25.5 Å². The molecule has 0 spiro atoms. The fourth-order valence-corrected chi connectivity index (χ4v) is 3.18. The molecule has 1 N–H and O–H groups in total. The first kappa shape index (κ1) is 19.8. The number of aromatic nitrogens is 1. The minimum absolute atomic E-state index is 0.107. The Morgan fingerprint density at radius 3 is 2.29 bits per heavy atom. The summed E-state index contributed by atoms with van der Waals surface area (Å²) in [7, 11) is 1.31. The van der Waals surface area contributed by atoms with Crippen LogP contribution in [0.3, 0.4) is 0 Å². The molecule has 2 heterocycles. The number of rotatable bonds is 4. The summed E-state index contributed by atoms with van der Waals surface area (Å²) >= 11 is 5.79. The molecule has 1 aliphatic rings. The Labute approximate surface area is 167 Å². The summed E-state index contributed by atoms with van der Waals surface area (Å²) in [5.74, 6) is -0.387. The highest BCUT2D eigenvalue weighted by Gasteiger charge is 2.28. The number of esters is 1. The minimum atomic E-state index is -0.444. The van der Waals surface area contributed by atoms with E-state index in [0.29, 0.717) is 47.9 Å².